The molecular weight excluding hydrogens is 240 g/mol. The van der Waals surface area contributed by atoms with Gasteiger partial charge in [0.2, 0.25) is 0 Å². The first-order valence-corrected chi connectivity index (χ1v) is 7.19. The van der Waals surface area contributed by atoms with Gasteiger partial charge in [-0.25, -0.2) is 0 Å². The number of benzene rings is 1. The van der Waals surface area contributed by atoms with Crippen molar-refractivity contribution < 1.29 is 9.47 Å². The Balaban J connectivity index is 1.67. The van der Waals surface area contributed by atoms with Gasteiger partial charge in [-0.2, -0.15) is 0 Å². The van der Waals surface area contributed by atoms with Crippen LogP contribution in [0.4, 0.5) is 0 Å². The minimum absolute atomic E-state index is 0.0962. The second-order valence-electron chi connectivity index (χ2n) is 5.44. The van der Waals surface area contributed by atoms with Gasteiger partial charge in [0.25, 0.3) is 0 Å². The van der Waals surface area contributed by atoms with Crippen molar-refractivity contribution in [1.82, 2.24) is 5.32 Å². The summed E-state index contributed by atoms with van der Waals surface area (Å²) in [5.41, 5.74) is 7.50. The Morgan fingerprint density at radius 3 is 2.68 bits per heavy atom. The van der Waals surface area contributed by atoms with Crippen LogP contribution in [-0.4, -0.2) is 26.3 Å². The van der Waals surface area contributed by atoms with Crippen molar-refractivity contribution in [2.75, 3.05) is 26.3 Å². The van der Waals surface area contributed by atoms with E-state index in [2.05, 4.69) is 11.4 Å². The van der Waals surface area contributed by atoms with Crippen molar-refractivity contribution >= 4 is 0 Å². The summed E-state index contributed by atoms with van der Waals surface area (Å²) in [7, 11) is 0. The van der Waals surface area contributed by atoms with Crippen LogP contribution >= 0.6 is 0 Å². The molecule has 1 atom stereocenters. The van der Waals surface area contributed by atoms with E-state index in [1.54, 1.807) is 0 Å². The highest BCUT2D eigenvalue weighted by Crippen LogP contribution is 2.34. The molecule has 3 rings (SSSR count). The number of piperidine rings is 1. The molecule has 0 spiro atoms. The summed E-state index contributed by atoms with van der Waals surface area (Å²) in [5, 5.41) is 3.39. The van der Waals surface area contributed by atoms with Crippen LogP contribution in [0.2, 0.25) is 0 Å². The number of nitrogens with one attached hydrogen (secondary N) is 1. The summed E-state index contributed by atoms with van der Waals surface area (Å²) in [6.45, 7) is 3.50. The molecule has 2 heterocycles. The number of hydrogen-bond donors (Lipinski definition) is 2. The smallest absolute Gasteiger partial charge is 0.161 e. The molecule has 4 nitrogen and oxygen atoms in total. The molecule has 0 bridgehead atoms. The van der Waals surface area contributed by atoms with Gasteiger partial charge >= 0.3 is 0 Å². The van der Waals surface area contributed by atoms with Gasteiger partial charge in [0.15, 0.2) is 11.5 Å². The zero-order valence-electron chi connectivity index (χ0n) is 11.2. The molecule has 3 N–H and O–H groups in total. The topological polar surface area (TPSA) is 56.5 Å². The first-order chi connectivity index (χ1) is 9.33. The molecule has 104 valence electrons. The van der Waals surface area contributed by atoms with Gasteiger partial charge in [0.05, 0.1) is 0 Å². The number of rotatable bonds is 3. The highest BCUT2D eigenvalue weighted by molar-refractivity contribution is 5.44. The van der Waals surface area contributed by atoms with Crippen LogP contribution < -0.4 is 20.5 Å². The minimum atomic E-state index is 0.0962. The standard InChI is InChI=1S/C15H22N2O2/c16-13(9-11-3-5-17-6-4-11)12-1-2-14-15(10-12)19-8-7-18-14/h1-2,10-11,13,17H,3-9,16H2. The molecule has 1 saturated heterocycles. The van der Waals surface area contributed by atoms with E-state index in [-0.39, 0.29) is 6.04 Å². The summed E-state index contributed by atoms with van der Waals surface area (Å²) >= 11 is 0. The van der Waals surface area contributed by atoms with Crippen molar-refractivity contribution in [2.24, 2.45) is 11.7 Å². The predicted octanol–water partition coefficient (Wildman–Crippen LogP) is 1.85. The SMILES string of the molecule is NC(CC1CCNCC1)c1ccc2c(c1)OCCO2. The Bertz CT molecular complexity index is 430. The summed E-state index contributed by atoms with van der Waals surface area (Å²) in [4.78, 5) is 0. The summed E-state index contributed by atoms with van der Waals surface area (Å²) in [6.07, 6.45) is 3.53. The molecule has 2 aliphatic rings. The maximum absolute atomic E-state index is 6.34. The molecule has 0 saturated carbocycles. The van der Waals surface area contributed by atoms with Gasteiger partial charge in [-0.3, -0.25) is 0 Å². The number of fused-ring (bicyclic) bond motifs is 1. The summed E-state index contributed by atoms with van der Waals surface area (Å²) in [6, 6.07) is 6.19. The third kappa shape index (κ3) is 3.01. The summed E-state index contributed by atoms with van der Waals surface area (Å²) in [5.74, 6) is 2.41. The summed E-state index contributed by atoms with van der Waals surface area (Å²) < 4.78 is 11.1. The number of hydrogen-bond acceptors (Lipinski definition) is 4. The van der Waals surface area contributed by atoms with Gasteiger partial charge in [0, 0.05) is 6.04 Å². The Kier molecular flexibility index (Phi) is 3.89. The quantitative estimate of drug-likeness (QED) is 0.873. The van der Waals surface area contributed by atoms with E-state index in [4.69, 9.17) is 15.2 Å². The fourth-order valence-electron chi connectivity index (χ4n) is 2.90. The fourth-order valence-corrected chi connectivity index (χ4v) is 2.90. The average molecular weight is 262 g/mol. The lowest BCUT2D eigenvalue weighted by Gasteiger charge is -2.26. The van der Waals surface area contributed by atoms with Crippen LogP contribution in [0.15, 0.2) is 18.2 Å². The first kappa shape index (κ1) is 12.8. The molecule has 0 aromatic heterocycles. The minimum Gasteiger partial charge on any atom is -0.486 e. The normalized spacial score (nSPS) is 21.1. The Hall–Kier alpha value is -1.26. The molecule has 1 aromatic rings. The van der Waals surface area contributed by atoms with Crippen molar-refractivity contribution in [3.8, 4) is 11.5 Å². The second-order valence-corrected chi connectivity index (χ2v) is 5.44. The van der Waals surface area contributed by atoms with Crippen LogP contribution in [0.3, 0.4) is 0 Å². The van der Waals surface area contributed by atoms with Gasteiger partial charge in [0.1, 0.15) is 13.2 Å². The van der Waals surface area contributed by atoms with Gasteiger partial charge < -0.3 is 20.5 Å². The van der Waals surface area contributed by atoms with Crippen LogP contribution in [0.1, 0.15) is 30.9 Å². The zero-order valence-corrected chi connectivity index (χ0v) is 11.2. The molecule has 2 aliphatic heterocycles. The number of nitrogens with two attached hydrogens (primary N) is 1. The van der Waals surface area contributed by atoms with Crippen molar-refractivity contribution in [3.63, 3.8) is 0 Å². The van der Waals surface area contributed by atoms with E-state index in [1.807, 2.05) is 12.1 Å². The van der Waals surface area contributed by atoms with E-state index in [0.29, 0.717) is 13.2 Å². The highest BCUT2D eigenvalue weighted by Gasteiger charge is 2.19. The van der Waals surface area contributed by atoms with Crippen molar-refractivity contribution in [3.05, 3.63) is 23.8 Å². The van der Waals surface area contributed by atoms with Crippen LogP contribution in [-0.2, 0) is 0 Å². The molecule has 1 unspecified atom stereocenters. The number of ether oxygens (including phenoxy) is 2. The second kappa shape index (κ2) is 5.80. The average Bonchev–Trinajstić information content (AvgIpc) is 2.48. The molecular formula is C15H22N2O2. The van der Waals surface area contributed by atoms with E-state index in [1.165, 1.54) is 12.8 Å². The molecule has 4 heteroatoms. The van der Waals surface area contributed by atoms with E-state index in [0.717, 1.165) is 42.5 Å². The first-order valence-electron chi connectivity index (χ1n) is 7.19. The Morgan fingerprint density at radius 1 is 1.16 bits per heavy atom. The van der Waals surface area contributed by atoms with Gasteiger partial charge in [-0.05, 0) is 56.0 Å². The molecule has 0 aliphatic carbocycles. The maximum Gasteiger partial charge on any atom is 0.161 e. The van der Waals surface area contributed by atoms with Crippen LogP contribution in [0.5, 0.6) is 11.5 Å². The lowest BCUT2D eigenvalue weighted by atomic mass is 9.89. The maximum atomic E-state index is 6.34. The van der Waals surface area contributed by atoms with Crippen molar-refractivity contribution in [1.29, 1.82) is 0 Å². The van der Waals surface area contributed by atoms with Gasteiger partial charge in [-0.15, -0.1) is 0 Å². The third-order valence-corrected chi connectivity index (χ3v) is 4.04. The highest BCUT2D eigenvalue weighted by atomic mass is 16.6. The Morgan fingerprint density at radius 2 is 1.89 bits per heavy atom. The monoisotopic (exact) mass is 262 g/mol. The zero-order chi connectivity index (χ0) is 13.1. The molecule has 1 fully saturated rings. The van der Waals surface area contributed by atoms with E-state index in [9.17, 15) is 0 Å². The predicted molar refractivity (Wildman–Crippen MR) is 74.6 cm³/mol. The fraction of sp³-hybridized carbons (Fsp3) is 0.600. The molecule has 1 aromatic carbocycles. The molecule has 19 heavy (non-hydrogen) atoms. The lowest BCUT2D eigenvalue weighted by Crippen LogP contribution is -2.29. The lowest BCUT2D eigenvalue weighted by molar-refractivity contribution is 0.171. The van der Waals surface area contributed by atoms with Gasteiger partial charge in [-0.1, -0.05) is 6.07 Å². The van der Waals surface area contributed by atoms with Crippen LogP contribution in [0.25, 0.3) is 0 Å². The Labute approximate surface area is 114 Å². The van der Waals surface area contributed by atoms with Crippen LogP contribution in [0, 0.1) is 5.92 Å². The van der Waals surface area contributed by atoms with Crippen molar-refractivity contribution in [2.45, 2.75) is 25.3 Å². The van der Waals surface area contributed by atoms with E-state index < -0.39 is 0 Å². The van der Waals surface area contributed by atoms with E-state index >= 15 is 0 Å². The molecule has 0 radical (unpaired) electrons. The molecule has 0 amide bonds. The third-order valence-electron chi connectivity index (χ3n) is 4.04. The largest absolute Gasteiger partial charge is 0.486 e.